The predicted octanol–water partition coefficient (Wildman–Crippen LogP) is 4.59. The normalized spacial score (nSPS) is 10.6. The molecule has 0 saturated heterocycles. The third-order valence-electron chi connectivity index (χ3n) is 3.40. The van der Waals surface area contributed by atoms with Crippen molar-refractivity contribution in [1.82, 2.24) is 0 Å². The van der Waals surface area contributed by atoms with Gasteiger partial charge in [-0.05, 0) is 53.4 Å². The topological polar surface area (TPSA) is 27.7 Å². The van der Waals surface area contributed by atoms with Gasteiger partial charge < -0.3 is 14.2 Å². The number of rotatable bonds is 4. The van der Waals surface area contributed by atoms with Crippen LogP contribution in [0.5, 0.6) is 17.2 Å². The van der Waals surface area contributed by atoms with Crippen molar-refractivity contribution in [3.63, 3.8) is 0 Å². The molecular formula is C17H16O3S. The average Bonchev–Trinajstić information content (AvgIpc) is 2.96. The van der Waals surface area contributed by atoms with Crippen LogP contribution in [0.1, 0.15) is 0 Å². The first-order chi connectivity index (χ1) is 10.2. The summed E-state index contributed by atoms with van der Waals surface area (Å²) in [4.78, 5) is 1.19. The second-order valence-electron chi connectivity index (χ2n) is 4.58. The van der Waals surface area contributed by atoms with Crippen LogP contribution in [0.4, 0.5) is 0 Å². The van der Waals surface area contributed by atoms with Gasteiger partial charge in [-0.2, -0.15) is 0 Å². The minimum absolute atomic E-state index is 0.740. The minimum atomic E-state index is 0.740. The van der Waals surface area contributed by atoms with E-state index in [4.69, 9.17) is 14.2 Å². The molecule has 4 heteroatoms. The standard InChI is InChI=1S/C17H16O3S/c1-18-13-6-4-12-9-16(21-17(12)10-13)11-5-7-14(19-2)15(8-11)20-3/h4-10H,1-3H3. The molecule has 3 rings (SSSR count). The molecule has 1 heterocycles. The lowest BCUT2D eigenvalue weighted by Crippen LogP contribution is -1.90. The number of hydrogen-bond acceptors (Lipinski definition) is 4. The fourth-order valence-corrected chi connectivity index (χ4v) is 3.36. The van der Waals surface area contributed by atoms with Gasteiger partial charge in [0.1, 0.15) is 5.75 Å². The first-order valence-electron chi connectivity index (χ1n) is 6.55. The molecule has 0 aliphatic heterocycles. The molecular weight excluding hydrogens is 284 g/mol. The Morgan fingerprint density at radius 3 is 2.29 bits per heavy atom. The Labute approximate surface area is 127 Å². The number of hydrogen-bond donors (Lipinski definition) is 0. The van der Waals surface area contributed by atoms with Crippen LogP contribution < -0.4 is 14.2 Å². The molecule has 3 nitrogen and oxygen atoms in total. The first-order valence-corrected chi connectivity index (χ1v) is 7.37. The third kappa shape index (κ3) is 2.54. The molecule has 1 aromatic heterocycles. The molecule has 0 radical (unpaired) electrons. The number of benzene rings is 2. The Balaban J connectivity index is 2.07. The Morgan fingerprint density at radius 1 is 0.762 bits per heavy atom. The van der Waals surface area contributed by atoms with E-state index in [0.29, 0.717) is 0 Å². The van der Waals surface area contributed by atoms with Gasteiger partial charge in [0.25, 0.3) is 0 Å². The highest BCUT2D eigenvalue weighted by Crippen LogP contribution is 2.38. The zero-order valence-corrected chi connectivity index (χ0v) is 13.0. The highest BCUT2D eigenvalue weighted by Gasteiger charge is 2.09. The van der Waals surface area contributed by atoms with E-state index in [1.165, 1.54) is 15.0 Å². The Morgan fingerprint density at radius 2 is 1.57 bits per heavy atom. The molecule has 0 saturated carbocycles. The highest BCUT2D eigenvalue weighted by molar-refractivity contribution is 7.22. The largest absolute Gasteiger partial charge is 0.497 e. The summed E-state index contributed by atoms with van der Waals surface area (Å²) in [5.74, 6) is 2.36. The molecule has 0 atom stereocenters. The molecule has 0 bridgehead atoms. The summed E-state index contributed by atoms with van der Waals surface area (Å²) in [6, 6.07) is 14.3. The number of methoxy groups -OCH3 is 3. The van der Waals surface area contributed by atoms with Crippen molar-refractivity contribution < 1.29 is 14.2 Å². The zero-order valence-electron chi connectivity index (χ0n) is 12.2. The third-order valence-corrected chi connectivity index (χ3v) is 4.54. The summed E-state index contributed by atoms with van der Waals surface area (Å²) in [5, 5.41) is 1.21. The van der Waals surface area contributed by atoms with E-state index in [1.54, 1.807) is 32.7 Å². The Kier molecular flexibility index (Phi) is 3.71. The van der Waals surface area contributed by atoms with Crippen LogP contribution in [0.2, 0.25) is 0 Å². The SMILES string of the molecule is COc1ccc2cc(-c3ccc(OC)c(OC)c3)sc2c1. The van der Waals surface area contributed by atoms with E-state index in [2.05, 4.69) is 18.2 Å². The van der Waals surface area contributed by atoms with Crippen LogP contribution in [-0.4, -0.2) is 21.3 Å². The number of fused-ring (bicyclic) bond motifs is 1. The lowest BCUT2D eigenvalue weighted by molar-refractivity contribution is 0.355. The molecule has 0 spiro atoms. The maximum Gasteiger partial charge on any atom is 0.161 e. The van der Waals surface area contributed by atoms with Gasteiger partial charge in [0.05, 0.1) is 21.3 Å². The molecule has 0 amide bonds. The van der Waals surface area contributed by atoms with Crippen LogP contribution in [0.25, 0.3) is 20.5 Å². The number of thiophene rings is 1. The maximum absolute atomic E-state index is 5.37. The summed E-state index contributed by atoms with van der Waals surface area (Å²) < 4.78 is 17.1. The summed E-state index contributed by atoms with van der Waals surface area (Å²) in [5.41, 5.74) is 1.12. The van der Waals surface area contributed by atoms with Gasteiger partial charge in [-0.25, -0.2) is 0 Å². The van der Waals surface area contributed by atoms with Crippen molar-refractivity contribution in [2.75, 3.05) is 21.3 Å². The summed E-state index contributed by atoms with van der Waals surface area (Å²) in [7, 11) is 4.98. The van der Waals surface area contributed by atoms with E-state index >= 15 is 0 Å². The van der Waals surface area contributed by atoms with Crippen LogP contribution in [0.15, 0.2) is 42.5 Å². The van der Waals surface area contributed by atoms with E-state index in [1.807, 2.05) is 24.3 Å². The fourth-order valence-electron chi connectivity index (χ4n) is 2.27. The quantitative estimate of drug-likeness (QED) is 0.705. The summed E-state index contributed by atoms with van der Waals surface area (Å²) >= 11 is 1.74. The molecule has 0 aliphatic rings. The second kappa shape index (κ2) is 5.66. The molecule has 0 unspecified atom stereocenters. The van der Waals surface area contributed by atoms with Crippen molar-refractivity contribution in [3.8, 4) is 27.7 Å². The van der Waals surface area contributed by atoms with Crippen LogP contribution in [0.3, 0.4) is 0 Å². The molecule has 0 aliphatic carbocycles. The van der Waals surface area contributed by atoms with Crippen LogP contribution in [0, 0.1) is 0 Å². The van der Waals surface area contributed by atoms with E-state index in [-0.39, 0.29) is 0 Å². The first kappa shape index (κ1) is 13.8. The van der Waals surface area contributed by atoms with Crippen molar-refractivity contribution >= 4 is 21.4 Å². The maximum atomic E-state index is 5.37. The predicted molar refractivity (Wildman–Crippen MR) is 86.9 cm³/mol. The monoisotopic (exact) mass is 300 g/mol. The Bertz CT molecular complexity index is 777. The smallest absolute Gasteiger partial charge is 0.161 e. The Hall–Kier alpha value is -2.20. The van der Waals surface area contributed by atoms with Gasteiger partial charge in [-0.3, -0.25) is 0 Å². The fraction of sp³-hybridized carbons (Fsp3) is 0.176. The van der Waals surface area contributed by atoms with E-state index in [0.717, 1.165) is 22.8 Å². The van der Waals surface area contributed by atoms with Crippen molar-refractivity contribution in [3.05, 3.63) is 42.5 Å². The second-order valence-corrected chi connectivity index (χ2v) is 5.67. The minimum Gasteiger partial charge on any atom is -0.497 e. The molecule has 108 valence electrons. The van der Waals surface area contributed by atoms with Crippen LogP contribution >= 0.6 is 11.3 Å². The van der Waals surface area contributed by atoms with Gasteiger partial charge in [-0.15, -0.1) is 11.3 Å². The highest BCUT2D eigenvalue weighted by atomic mass is 32.1. The van der Waals surface area contributed by atoms with Crippen molar-refractivity contribution in [2.24, 2.45) is 0 Å². The van der Waals surface area contributed by atoms with E-state index in [9.17, 15) is 0 Å². The summed E-state index contributed by atoms with van der Waals surface area (Å²) in [6.45, 7) is 0. The zero-order chi connectivity index (χ0) is 14.8. The van der Waals surface area contributed by atoms with Gasteiger partial charge >= 0.3 is 0 Å². The van der Waals surface area contributed by atoms with Gasteiger partial charge in [0.2, 0.25) is 0 Å². The molecule has 2 aromatic carbocycles. The lowest BCUT2D eigenvalue weighted by Gasteiger charge is -2.08. The lowest BCUT2D eigenvalue weighted by atomic mass is 10.1. The van der Waals surface area contributed by atoms with Crippen LogP contribution in [-0.2, 0) is 0 Å². The molecule has 3 aromatic rings. The van der Waals surface area contributed by atoms with Gasteiger partial charge in [-0.1, -0.05) is 0 Å². The van der Waals surface area contributed by atoms with Gasteiger partial charge in [0, 0.05) is 9.58 Å². The summed E-state index contributed by atoms with van der Waals surface area (Å²) in [6.07, 6.45) is 0. The molecule has 21 heavy (non-hydrogen) atoms. The molecule has 0 N–H and O–H groups in total. The van der Waals surface area contributed by atoms with Gasteiger partial charge in [0.15, 0.2) is 11.5 Å². The number of ether oxygens (including phenoxy) is 3. The molecule has 0 fully saturated rings. The average molecular weight is 300 g/mol. The van der Waals surface area contributed by atoms with Crippen molar-refractivity contribution in [1.29, 1.82) is 0 Å². The van der Waals surface area contributed by atoms with E-state index < -0.39 is 0 Å². The van der Waals surface area contributed by atoms with Crippen molar-refractivity contribution in [2.45, 2.75) is 0 Å².